The molecule has 1 rings (SSSR count). The molecule has 0 radical (unpaired) electrons. The number of rotatable bonds is 5. The minimum Gasteiger partial charge on any atom is -0.251 e. The molecule has 0 aliphatic carbocycles. The third-order valence-electron chi connectivity index (χ3n) is 1.77. The molecule has 13 heavy (non-hydrogen) atoms. The molecule has 0 atom stereocenters. The number of benzene rings is 1. The van der Waals surface area contributed by atoms with E-state index in [2.05, 4.69) is 41.3 Å². The summed E-state index contributed by atoms with van der Waals surface area (Å²) in [6.45, 7) is 5.37. The van der Waals surface area contributed by atoms with Crippen molar-refractivity contribution in [2.24, 2.45) is 0 Å². The third kappa shape index (κ3) is 3.87. The van der Waals surface area contributed by atoms with Crippen LogP contribution in [0, 0.1) is 0 Å². The van der Waals surface area contributed by atoms with E-state index in [4.69, 9.17) is 0 Å². The Bertz CT molecular complexity index is 244. The van der Waals surface area contributed by atoms with Crippen LogP contribution < -0.4 is 5.43 Å². The molecule has 70 valence electrons. The number of hydrazine groups is 1. The zero-order valence-corrected chi connectivity index (χ0v) is 8.03. The molecule has 1 N–H and O–H groups in total. The van der Waals surface area contributed by atoms with Crippen molar-refractivity contribution in [2.75, 3.05) is 13.6 Å². The Morgan fingerprint density at radius 3 is 2.69 bits per heavy atom. The van der Waals surface area contributed by atoms with E-state index in [9.17, 15) is 0 Å². The Hall–Kier alpha value is -1.12. The van der Waals surface area contributed by atoms with Gasteiger partial charge in [-0.1, -0.05) is 36.4 Å². The highest BCUT2D eigenvalue weighted by atomic mass is 15.5. The van der Waals surface area contributed by atoms with Gasteiger partial charge in [-0.15, -0.1) is 6.58 Å². The quantitative estimate of drug-likeness (QED) is 0.543. The fourth-order valence-electron chi connectivity index (χ4n) is 1.13. The fraction of sp³-hybridized carbons (Fsp3) is 0.273. The van der Waals surface area contributed by atoms with Crippen molar-refractivity contribution in [3.63, 3.8) is 0 Å². The predicted octanol–water partition coefficient (Wildman–Crippen LogP) is 1.81. The number of hydrogen-bond acceptors (Lipinski definition) is 2. The number of hydrogen-bond donors (Lipinski definition) is 1. The zero-order chi connectivity index (χ0) is 9.52. The molecular formula is C11H16N2. The number of nitrogens with zero attached hydrogens (tertiary/aromatic N) is 1. The lowest BCUT2D eigenvalue weighted by molar-refractivity contribution is 0.239. The highest BCUT2D eigenvalue weighted by Crippen LogP contribution is 2.00. The van der Waals surface area contributed by atoms with Gasteiger partial charge in [0.15, 0.2) is 0 Å². The van der Waals surface area contributed by atoms with Gasteiger partial charge in [-0.3, -0.25) is 5.43 Å². The summed E-state index contributed by atoms with van der Waals surface area (Å²) in [6.07, 6.45) is 1.85. The van der Waals surface area contributed by atoms with Gasteiger partial charge in [-0.2, -0.15) is 0 Å². The summed E-state index contributed by atoms with van der Waals surface area (Å²) in [4.78, 5) is 0. The van der Waals surface area contributed by atoms with E-state index in [0.29, 0.717) is 0 Å². The average molecular weight is 176 g/mol. The molecular weight excluding hydrogens is 160 g/mol. The van der Waals surface area contributed by atoms with Crippen LogP contribution in [0.1, 0.15) is 5.56 Å². The first-order valence-corrected chi connectivity index (χ1v) is 4.42. The van der Waals surface area contributed by atoms with Crippen molar-refractivity contribution < 1.29 is 0 Å². The SMILES string of the molecule is C=CCNN(C)Cc1ccccc1. The van der Waals surface area contributed by atoms with E-state index in [1.807, 2.05) is 19.2 Å². The second kappa shape index (κ2) is 5.51. The van der Waals surface area contributed by atoms with Gasteiger partial charge in [0.1, 0.15) is 0 Å². The van der Waals surface area contributed by atoms with Crippen molar-refractivity contribution in [3.8, 4) is 0 Å². The molecule has 0 bridgehead atoms. The Morgan fingerprint density at radius 2 is 2.08 bits per heavy atom. The second-order valence-electron chi connectivity index (χ2n) is 2.99. The molecule has 0 saturated carbocycles. The average Bonchev–Trinajstić information content (AvgIpc) is 2.16. The van der Waals surface area contributed by atoms with Crippen LogP contribution in [0.25, 0.3) is 0 Å². The summed E-state index contributed by atoms with van der Waals surface area (Å²) >= 11 is 0. The van der Waals surface area contributed by atoms with Gasteiger partial charge in [0.05, 0.1) is 0 Å². The summed E-state index contributed by atoms with van der Waals surface area (Å²) < 4.78 is 0. The monoisotopic (exact) mass is 176 g/mol. The maximum absolute atomic E-state index is 3.65. The van der Waals surface area contributed by atoms with E-state index in [-0.39, 0.29) is 0 Å². The van der Waals surface area contributed by atoms with Crippen molar-refractivity contribution in [2.45, 2.75) is 6.54 Å². The van der Waals surface area contributed by atoms with Crippen LogP contribution in [-0.2, 0) is 6.54 Å². The first-order chi connectivity index (χ1) is 6.33. The summed E-state index contributed by atoms with van der Waals surface area (Å²) in [5.74, 6) is 0. The minimum atomic E-state index is 0.809. The van der Waals surface area contributed by atoms with Crippen molar-refractivity contribution >= 4 is 0 Å². The van der Waals surface area contributed by atoms with Crippen LogP contribution in [0.5, 0.6) is 0 Å². The lowest BCUT2D eigenvalue weighted by Gasteiger charge is -2.16. The lowest BCUT2D eigenvalue weighted by atomic mass is 10.2. The Labute approximate surface area is 79.8 Å². The summed E-state index contributed by atoms with van der Waals surface area (Å²) in [6, 6.07) is 10.4. The molecule has 0 aliphatic rings. The normalized spacial score (nSPS) is 10.3. The molecule has 0 spiro atoms. The van der Waals surface area contributed by atoms with E-state index in [1.54, 1.807) is 0 Å². The van der Waals surface area contributed by atoms with Gasteiger partial charge in [0.2, 0.25) is 0 Å². The van der Waals surface area contributed by atoms with Gasteiger partial charge in [-0.25, -0.2) is 5.01 Å². The van der Waals surface area contributed by atoms with Crippen LogP contribution in [0.4, 0.5) is 0 Å². The molecule has 0 fully saturated rings. The summed E-state index contributed by atoms with van der Waals surface area (Å²) in [5.41, 5.74) is 4.50. The summed E-state index contributed by atoms with van der Waals surface area (Å²) in [7, 11) is 2.02. The van der Waals surface area contributed by atoms with Crippen molar-refractivity contribution in [3.05, 3.63) is 48.6 Å². The molecule has 1 aromatic rings. The highest BCUT2D eigenvalue weighted by molar-refractivity contribution is 5.14. The van der Waals surface area contributed by atoms with Crippen molar-refractivity contribution in [1.82, 2.24) is 10.4 Å². The van der Waals surface area contributed by atoms with Gasteiger partial charge in [-0.05, 0) is 5.56 Å². The minimum absolute atomic E-state index is 0.809. The van der Waals surface area contributed by atoms with E-state index in [1.165, 1.54) is 5.56 Å². The maximum atomic E-state index is 3.65. The highest BCUT2D eigenvalue weighted by Gasteiger charge is 1.96. The lowest BCUT2D eigenvalue weighted by Crippen LogP contribution is -2.33. The van der Waals surface area contributed by atoms with Gasteiger partial charge in [0.25, 0.3) is 0 Å². The molecule has 0 aromatic heterocycles. The zero-order valence-electron chi connectivity index (χ0n) is 8.03. The molecule has 0 amide bonds. The molecule has 0 aliphatic heterocycles. The second-order valence-corrected chi connectivity index (χ2v) is 2.99. The van der Waals surface area contributed by atoms with Crippen molar-refractivity contribution in [1.29, 1.82) is 0 Å². The molecule has 1 aromatic carbocycles. The molecule has 2 heteroatoms. The van der Waals surface area contributed by atoms with Crippen LogP contribution in [0.2, 0.25) is 0 Å². The van der Waals surface area contributed by atoms with Crippen LogP contribution in [0.15, 0.2) is 43.0 Å². The number of nitrogens with one attached hydrogen (secondary N) is 1. The van der Waals surface area contributed by atoms with E-state index in [0.717, 1.165) is 13.1 Å². The Balaban J connectivity index is 2.36. The Morgan fingerprint density at radius 1 is 1.38 bits per heavy atom. The molecule has 0 heterocycles. The molecule has 2 nitrogen and oxygen atoms in total. The first kappa shape index (κ1) is 9.96. The van der Waals surface area contributed by atoms with Gasteiger partial charge >= 0.3 is 0 Å². The summed E-state index contributed by atoms with van der Waals surface area (Å²) in [5, 5.41) is 2.05. The molecule has 0 saturated heterocycles. The fourth-order valence-corrected chi connectivity index (χ4v) is 1.13. The molecule has 0 unspecified atom stereocenters. The van der Waals surface area contributed by atoms with Gasteiger partial charge in [0, 0.05) is 20.1 Å². The first-order valence-electron chi connectivity index (χ1n) is 4.42. The Kier molecular flexibility index (Phi) is 4.23. The maximum Gasteiger partial charge on any atom is 0.0378 e. The third-order valence-corrected chi connectivity index (χ3v) is 1.77. The smallest absolute Gasteiger partial charge is 0.0378 e. The topological polar surface area (TPSA) is 15.3 Å². The standard InChI is InChI=1S/C11H16N2/c1-3-9-12-13(2)10-11-7-5-4-6-8-11/h3-8,12H,1,9-10H2,2H3. The predicted molar refractivity (Wildman–Crippen MR) is 56.1 cm³/mol. The van der Waals surface area contributed by atoms with E-state index >= 15 is 0 Å². The van der Waals surface area contributed by atoms with Gasteiger partial charge < -0.3 is 0 Å². The van der Waals surface area contributed by atoms with E-state index < -0.39 is 0 Å². The van der Waals surface area contributed by atoms with Crippen LogP contribution in [0.3, 0.4) is 0 Å². The van der Waals surface area contributed by atoms with Crippen LogP contribution >= 0.6 is 0 Å². The van der Waals surface area contributed by atoms with Crippen LogP contribution in [-0.4, -0.2) is 18.6 Å². The largest absolute Gasteiger partial charge is 0.251 e.